The molecule has 5 nitrogen and oxygen atoms in total. The number of amides is 1. The summed E-state index contributed by atoms with van der Waals surface area (Å²) in [5.41, 5.74) is 6.73. The minimum absolute atomic E-state index is 0.0474. The van der Waals surface area contributed by atoms with Crippen LogP contribution in [0.3, 0.4) is 0 Å². The lowest BCUT2D eigenvalue weighted by molar-refractivity contribution is 0.0990. The summed E-state index contributed by atoms with van der Waals surface area (Å²) >= 11 is 6.21. The van der Waals surface area contributed by atoms with Crippen molar-refractivity contribution >= 4 is 17.5 Å². The van der Waals surface area contributed by atoms with Crippen molar-refractivity contribution in [3.8, 4) is 17.1 Å². The highest BCUT2D eigenvalue weighted by Crippen LogP contribution is 2.27. The van der Waals surface area contributed by atoms with Crippen molar-refractivity contribution in [1.29, 1.82) is 0 Å². The maximum atomic E-state index is 11.4. The van der Waals surface area contributed by atoms with Gasteiger partial charge in [-0.15, -0.1) is 5.10 Å². The molecule has 104 valence electrons. The number of halogens is 1. The van der Waals surface area contributed by atoms with Gasteiger partial charge in [0.05, 0.1) is 10.7 Å². The molecule has 3 aromatic rings. The topological polar surface area (TPSA) is 73.8 Å². The van der Waals surface area contributed by atoms with E-state index >= 15 is 0 Å². The largest absolute Gasteiger partial charge is 0.363 e. The van der Waals surface area contributed by atoms with E-state index in [1.165, 1.54) is 0 Å². The molecule has 3 rings (SSSR count). The van der Waals surface area contributed by atoms with E-state index in [4.69, 9.17) is 17.3 Å². The Bertz CT molecular complexity index is 798. The zero-order chi connectivity index (χ0) is 14.8. The summed E-state index contributed by atoms with van der Waals surface area (Å²) in [6.45, 7) is 0. The van der Waals surface area contributed by atoms with E-state index in [1.807, 2.05) is 48.5 Å². The minimum atomic E-state index is -0.682. The molecule has 0 atom stereocenters. The number of rotatable bonds is 3. The normalized spacial score (nSPS) is 10.5. The van der Waals surface area contributed by atoms with Crippen LogP contribution < -0.4 is 5.73 Å². The van der Waals surface area contributed by atoms with Gasteiger partial charge in [-0.2, -0.15) is 0 Å². The average molecular weight is 299 g/mol. The van der Waals surface area contributed by atoms with E-state index in [9.17, 15) is 4.79 Å². The van der Waals surface area contributed by atoms with E-state index in [1.54, 1.807) is 10.7 Å². The van der Waals surface area contributed by atoms with Crippen molar-refractivity contribution < 1.29 is 4.79 Å². The number of hydrogen-bond acceptors (Lipinski definition) is 3. The van der Waals surface area contributed by atoms with Crippen LogP contribution in [0.5, 0.6) is 0 Å². The third-order valence-corrected chi connectivity index (χ3v) is 3.27. The second-order valence-electron chi connectivity index (χ2n) is 4.35. The Kier molecular flexibility index (Phi) is 3.41. The van der Waals surface area contributed by atoms with Gasteiger partial charge in [-0.1, -0.05) is 41.9 Å². The molecule has 0 bridgehead atoms. The highest BCUT2D eigenvalue weighted by molar-refractivity contribution is 6.33. The highest BCUT2D eigenvalue weighted by Gasteiger charge is 2.18. The maximum absolute atomic E-state index is 11.4. The van der Waals surface area contributed by atoms with Crippen molar-refractivity contribution in [2.24, 2.45) is 5.73 Å². The van der Waals surface area contributed by atoms with E-state index in [0.717, 1.165) is 5.69 Å². The molecule has 0 aliphatic carbocycles. The maximum Gasteiger partial charge on any atom is 0.288 e. The molecule has 0 aliphatic rings. The molecule has 0 radical (unpaired) electrons. The summed E-state index contributed by atoms with van der Waals surface area (Å²) < 4.78 is 1.56. The number of nitrogens with two attached hydrogens (primary N) is 1. The third kappa shape index (κ3) is 2.51. The summed E-state index contributed by atoms with van der Waals surface area (Å²) in [6.07, 6.45) is 0. The first kappa shape index (κ1) is 13.3. The van der Waals surface area contributed by atoms with Crippen LogP contribution in [0.15, 0.2) is 54.6 Å². The van der Waals surface area contributed by atoms with Crippen molar-refractivity contribution in [3.05, 3.63) is 65.4 Å². The van der Waals surface area contributed by atoms with Crippen LogP contribution in [-0.4, -0.2) is 20.7 Å². The Morgan fingerprint density at radius 1 is 1.05 bits per heavy atom. The van der Waals surface area contributed by atoms with Gasteiger partial charge in [-0.05, 0) is 24.3 Å². The molecule has 21 heavy (non-hydrogen) atoms. The van der Waals surface area contributed by atoms with E-state index in [0.29, 0.717) is 16.4 Å². The van der Waals surface area contributed by atoms with Crippen molar-refractivity contribution in [2.45, 2.75) is 0 Å². The summed E-state index contributed by atoms with van der Waals surface area (Å²) in [5, 5.41) is 4.70. The molecule has 1 aromatic heterocycles. The molecule has 2 aromatic carbocycles. The Morgan fingerprint density at radius 3 is 2.38 bits per heavy atom. The molecule has 6 heteroatoms. The number of hydrogen-bond donors (Lipinski definition) is 1. The van der Waals surface area contributed by atoms with Crippen LogP contribution in [0.4, 0.5) is 0 Å². The van der Waals surface area contributed by atoms with Crippen molar-refractivity contribution in [1.82, 2.24) is 14.8 Å². The van der Waals surface area contributed by atoms with E-state index < -0.39 is 5.91 Å². The lowest BCUT2D eigenvalue weighted by Gasteiger charge is -2.06. The fraction of sp³-hybridized carbons (Fsp3) is 0. The molecule has 1 heterocycles. The lowest BCUT2D eigenvalue weighted by atomic mass is 10.2. The molecule has 0 spiro atoms. The number of nitrogens with zero attached hydrogens (tertiary/aromatic N) is 3. The number of primary amides is 1. The first-order chi connectivity index (χ1) is 10.2. The van der Waals surface area contributed by atoms with Gasteiger partial charge in [0.1, 0.15) is 0 Å². The first-order valence-electron chi connectivity index (χ1n) is 6.24. The monoisotopic (exact) mass is 298 g/mol. The smallest absolute Gasteiger partial charge is 0.288 e. The van der Waals surface area contributed by atoms with Crippen molar-refractivity contribution in [3.63, 3.8) is 0 Å². The fourth-order valence-electron chi connectivity index (χ4n) is 1.98. The molecule has 2 N–H and O–H groups in total. The third-order valence-electron chi connectivity index (χ3n) is 2.94. The second kappa shape index (κ2) is 5.38. The standard InChI is InChI=1S/C15H11ClN4O/c16-12-9-5-4-8-11(12)15-18-14(13(17)21)19-20(15)10-6-2-1-3-7-10/h1-9H,(H2,17,21). The van der Waals surface area contributed by atoms with Gasteiger partial charge in [-0.3, -0.25) is 4.79 Å². The summed E-state index contributed by atoms with van der Waals surface area (Å²) in [7, 11) is 0. The summed E-state index contributed by atoms with van der Waals surface area (Å²) in [4.78, 5) is 15.6. The van der Waals surface area contributed by atoms with Gasteiger partial charge in [0, 0.05) is 5.56 Å². The molecule has 0 aliphatic heterocycles. The Morgan fingerprint density at radius 2 is 1.71 bits per heavy atom. The van der Waals surface area contributed by atoms with Crippen molar-refractivity contribution in [2.75, 3.05) is 0 Å². The molecule has 0 saturated heterocycles. The Balaban J connectivity index is 2.24. The van der Waals surface area contributed by atoms with E-state index in [2.05, 4.69) is 10.1 Å². The van der Waals surface area contributed by atoms with Crippen LogP contribution in [0.25, 0.3) is 17.1 Å². The molecule has 0 saturated carbocycles. The van der Waals surface area contributed by atoms with Gasteiger partial charge in [0.2, 0.25) is 5.82 Å². The highest BCUT2D eigenvalue weighted by atomic mass is 35.5. The average Bonchev–Trinajstić information content (AvgIpc) is 2.94. The van der Waals surface area contributed by atoms with Gasteiger partial charge in [0.25, 0.3) is 5.91 Å². The van der Waals surface area contributed by atoms with Crippen LogP contribution in [0, 0.1) is 0 Å². The van der Waals surface area contributed by atoms with Gasteiger partial charge in [-0.25, -0.2) is 9.67 Å². The SMILES string of the molecule is NC(=O)c1nc(-c2ccccc2Cl)n(-c2ccccc2)n1. The Labute approximate surface area is 126 Å². The Hall–Kier alpha value is -2.66. The predicted octanol–water partition coefficient (Wildman–Crippen LogP) is 2.69. The predicted molar refractivity (Wildman–Crippen MR) is 80.3 cm³/mol. The van der Waals surface area contributed by atoms with Crippen LogP contribution >= 0.6 is 11.6 Å². The van der Waals surface area contributed by atoms with Crippen LogP contribution in [0.2, 0.25) is 5.02 Å². The van der Waals surface area contributed by atoms with Crippen LogP contribution in [-0.2, 0) is 0 Å². The zero-order valence-corrected chi connectivity index (χ0v) is 11.7. The molecular formula is C15H11ClN4O. The van der Waals surface area contributed by atoms with Gasteiger partial charge in [0.15, 0.2) is 5.82 Å². The van der Waals surface area contributed by atoms with Gasteiger partial charge < -0.3 is 5.73 Å². The molecule has 0 unspecified atom stereocenters. The molecule has 0 fully saturated rings. The number of carbonyl (C=O) groups is 1. The number of para-hydroxylation sites is 1. The summed E-state index contributed by atoms with van der Waals surface area (Å²) in [6, 6.07) is 16.6. The molecule has 1 amide bonds. The first-order valence-corrected chi connectivity index (χ1v) is 6.62. The van der Waals surface area contributed by atoms with Gasteiger partial charge >= 0.3 is 0 Å². The minimum Gasteiger partial charge on any atom is -0.363 e. The quantitative estimate of drug-likeness (QED) is 0.808. The van der Waals surface area contributed by atoms with Crippen LogP contribution in [0.1, 0.15) is 10.6 Å². The molecular weight excluding hydrogens is 288 g/mol. The fourth-order valence-corrected chi connectivity index (χ4v) is 2.20. The lowest BCUT2D eigenvalue weighted by Crippen LogP contribution is -2.13. The van der Waals surface area contributed by atoms with E-state index in [-0.39, 0.29) is 5.82 Å². The summed E-state index contributed by atoms with van der Waals surface area (Å²) in [5.74, 6) is -0.257. The second-order valence-corrected chi connectivity index (χ2v) is 4.76. The number of carbonyl (C=O) groups excluding carboxylic acids is 1. The number of benzene rings is 2. The number of aromatic nitrogens is 3. The zero-order valence-electron chi connectivity index (χ0n) is 10.9.